The zero-order chi connectivity index (χ0) is 13.1. The molecule has 0 unspecified atom stereocenters. The number of aliphatic hydroxyl groups is 1. The number of para-hydroxylation sites is 2. The van der Waals surface area contributed by atoms with E-state index in [1.165, 1.54) is 0 Å². The van der Waals surface area contributed by atoms with Crippen molar-refractivity contribution in [3.63, 3.8) is 0 Å². The lowest BCUT2D eigenvalue weighted by molar-refractivity contribution is 0.278. The highest BCUT2D eigenvalue weighted by Gasteiger charge is 2.09. The molecule has 0 saturated carbocycles. The fourth-order valence-electron chi connectivity index (χ4n) is 2.12. The largest absolute Gasteiger partial charge is 0.467 e. The van der Waals surface area contributed by atoms with Gasteiger partial charge in [0.2, 0.25) is 5.95 Å². The third-order valence-corrected chi connectivity index (χ3v) is 2.98. The molecular weight excluding hydrogens is 242 g/mol. The van der Waals surface area contributed by atoms with Crippen LogP contribution >= 0.6 is 0 Å². The highest BCUT2D eigenvalue weighted by Crippen LogP contribution is 2.19. The molecule has 0 radical (unpaired) electrons. The van der Waals surface area contributed by atoms with Gasteiger partial charge in [0, 0.05) is 6.54 Å². The van der Waals surface area contributed by atoms with Crippen molar-refractivity contribution in [2.45, 2.75) is 13.1 Å². The number of anilines is 1. The lowest BCUT2D eigenvalue weighted by Gasteiger charge is -2.08. The zero-order valence-corrected chi connectivity index (χ0v) is 10.4. The van der Waals surface area contributed by atoms with Crippen LogP contribution in [0.5, 0.6) is 0 Å². The van der Waals surface area contributed by atoms with Crippen molar-refractivity contribution >= 4 is 17.0 Å². The van der Waals surface area contributed by atoms with E-state index in [0.29, 0.717) is 13.1 Å². The highest BCUT2D eigenvalue weighted by molar-refractivity contribution is 5.78. The van der Waals surface area contributed by atoms with E-state index in [1.807, 2.05) is 41.0 Å². The molecule has 0 bridgehead atoms. The lowest BCUT2D eigenvalue weighted by Crippen LogP contribution is -2.09. The lowest BCUT2D eigenvalue weighted by atomic mass is 10.3. The summed E-state index contributed by atoms with van der Waals surface area (Å²) in [7, 11) is 0. The van der Waals surface area contributed by atoms with Crippen LogP contribution in [0.15, 0.2) is 47.1 Å². The number of aliphatic hydroxyl groups excluding tert-OH is 1. The smallest absolute Gasteiger partial charge is 0.204 e. The SMILES string of the molecule is OCCn1c(NCc2ccco2)nc2ccccc21. The number of nitrogens with one attached hydrogen (secondary N) is 1. The maximum Gasteiger partial charge on any atom is 0.204 e. The second kappa shape index (κ2) is 5.16. The monoisotopic (exact) mass is 257 g/mol. The average molecular weight is 257 g/mol. The van der Waals surface area contributed by atoms with Crippen LogP contribution in [0, 0.1) is 0 Å². The van der Waals surface area contributed by atoms with E-state index in [-0.39, 0.29) is 6.61 Å². The third kappa shape index (κ3) is 2.32. The Balaban J connectivity index is 1.90. The Morgan fingerprint density at radius 1 is 1.21 bits per heavy atom. The van der Waals surface area contributed by atoms with E-state index < -0.39 is 0 Å². The first-order valence-electron chi connectivity index (χ1n) is 6.21. The average Bonchev–Trinajstić information content (AvgIpc) is 3.05. The Morgan fingerprint density at radius 2 is 2.11 bits per heavy atom. The van der Waals surface area contributed by atoms with Crippen molar-refractivity contribution < 1.29 is 9.52 Å². The van der Waals surface area contributed by atoms with Crippen molar-refractivity contribution in [2.75, 3.05) is 11.9 Å². The Kier molecular flexibility index (Phi) is 3.20. The van der Waals surface area contributed by atoms with Crippen LogP contribution in [-0.2, 0) is 13.1 Å². The van der Waals surface area contributed by atoms with E-state index in [9.17, 15) is 5.11 Å². The molecule has 0 atom stereocenters. The van der Waals surface area contributed by atoms with Gasteiger partial charge in [-0.15, -0.1) is 0 Å². The minimum Gasteiger partial charge on any atom is -0.467 e. The van der Waals surface area contributed by atoms with Crippen molar-refractivity contribution in [1.82, 2.24) is 9.55 Å². The zero-order valence-electron chi connectivity index (χ0n) is 10.4. The Bertz CT molecular complexity index is 658. The second-order valence-corrected chi connectivity index (χ2v) is 4.23. The molecular formula is C14H15N3O2. The third-order valence-electron chi connectivity index (χ3n) is 2.98. The molecule has 0 amide bonds. The summed E-state index contributed by atoms with van der Waals surface area (Å²) in [6.45, 7) is 1.17. The van der Waals surface area contributed by atoms with Crippen LogP contribution in [0.4, 0.5) is 5.95 Å². The Morgan fingerprint density at radius 3 is 2.89 bits per heavy atom. The number of hydrogen-bond donors (Lipinski definition) is 2. The van der Waals surface area contributed by atoms with Gasteiger partial charge in [0.25, 0.3) is 0 Å². The number of imidazole rings is 1. The van der Waals surface area contributed by atoms with E-state index in [0.717, 1.165) is 22.7 Å². The van der Waals surface area contributed by atoms with E-state index >= 15 is 0 Å². The molecule has 0 aliphatic rings. The molecule has 0 fully saturated rings. The number of fused-ring (bicyclic) bond motifs is 1. The van der Waals surface area contributed by atoms with Crippen LogP contribution in [0.1, 0.15) is 5.76 Å². The predicted octanol–water partition coefficient (Wildman–Crippen LogP) is 2.23. The topological polar surface area (TPSA) is 63.2 Å². The van der Waals surface area contributed by atoms with Crippen LogP contribution in [0.25, 0.3) is 11.0 Å². The molecule has 98 valence electrons. The molecule has 5 nitrogen and oxygen atoms in total. The minimum absolute atomic E-state index is 0.0792. The number of furan rings is 1. The number of aromatic nitrogens is 2. The summed E-state index contributed by atoms with van der Waals surface area (Å²) < 4.78 is 7.25. The summed E-state index contributed by atoms with van der Waals surface area (Å²) in [5.41, 5.74) is 1.93. The van der Waals surface area contributed by atoms with Crippen molar-refractivity contribution in [3.05, 3.63) is 48.4 Å². The molecule has 3 aromatic rings. The maximum absolute atomic E-state index is 9.18. The summed E-state index contributed by atoms with van der Waals surface area (Å²) in [5.74, 6) is 1.59. The summed E-state index contributed by atoms with van der Waals surface area (Å²) in [4.78, 5) is 4.53. The number of hydrogen-bond acceptors (Lipinski definition) is 4. The highest BCUT2D eigenvalue weighted by atomic mass is 16.3. The van der Waals surface area contributed by atoms with Gasteiger partial charge in [0.1, 0.15) is 5.76 Å². The number of rotatable bonds is 5. The van der Waals surface area contributed by atoms with E-state index in [1.54, 1.807) is 6.26 Å². The molecule has 3 rings (SSSR count). The number of benzene rings is 1. The summed E-state index contributed by atoms with van der Waals surface area (Å²) in [6.07, 6.45) is 1.65. The second-order valence-electron chi connectivity index (χ2n) is 4.23. The Hall–Kier alpha value is -2.27. The van der Waals surface area contributed by atoms with Gasteiger partial charge in [-0.25, -0.2) is 4.98 Å². The van der Waals surface area contributed by atoms with Gasteiger partial charge in [0.15, 0.2) is 0 Å². The summed E-state index contributed by atoms with van der Waals surface area (Å²) in [6, 6.07) is 11.6. The van der Waals surface area contributed by atoms with Crippen LogP contribution in [0.3, 0.4) is 0 Å². The molecule has 0 saturated heterocycles. The fourth-order valence-corrected chi connectivity index (χ4v) is 2.12. The first kappa shape index (κ1) is 11.8. The van der Waals surface area contributed by atoms with Gasteiger partial charge >= 0.3 is 0 Å². The van der Waals surface area contributed by atoms with Gasteiger partial charge in [0.05, 0.1) is 30.4 Å². The maximum atomic E-state index is 9.18. The van der Waals surface area contributed by atoms with E-state index in [2.05, 4.69) is 10.3 Å². The fraction of sp³-hybridized carbons (Fsp3) is 0.214. The molecule has 2 heterocycles. The van der Waals surface area contributed by atoms with Crippen molar-refractivity contribution in [3.8, 4) is 0 Å². The first-order valence-corrected chi connectivity index (χ1v) is 6.21. The predicted molar refractivity (Wildman–Crippen MR) is 72.9 cm³/mol. The summed E-state index contributed by atoms with van der Waals surface area (Å²) in [5, 5.41) is 12.4. The minimum atomic E-state index is 0.0792. The molecule has 0 aliphatic heterocycles. The van der Waals surface area contributed by atoms with Crippen LogP contribution in [-0.4, -0.2) is 21.3 Å². The van der Waals surface area contributed by atoms with Gasteiger partial charge < -0.3 is 19.4 Å². The molecule has 19 heavy (non-hydrogen) atoms. The van der Waals surface area contributed by atoms with Gasteiger partial charge in [-0.2, -0.15) is 0 Å². The standard InChI is InChI=1S/C14H15N3O2/c18-8-7-17-13-6-2-1-5-12(13)16-14(17)15-10-11-4-3-9-19-11/h1-6,9,18H,7-8,10H2,(H,15,16). The van der Waals surface area contributed by atoms with Crippen LogP contribution in [0.2, 0.25) is 0 Å². The number of nitrogens with zero attached hydrogens (tertiary/aromatic N) is 2. The van der Waals surface area contributed by atoms with E-state index in [4.69, 9.17) is 4.42 Å². The Labute approximate surface area is 110 Å². The van der Waals surface area contributed by atoms with Crippen LogP contribution < -0.4 is 5.32 Å². The molecule has 2 N–H and O–H groups in total. The molecule has 2 aromatic heterocycles. The van der Waals surface area contributed by atoms with Crippen molar-refractivity contribution in [1.29, 1.82) is 0 Å². The first-order chi connectivity index (χ1) is 9.38. The van der Waals surface area contributed by atoms with Gasteiger partial charge in [-0.1, -0.05) is 12.1 Å². The molecule has 5 heteroatoms. The molecule has 0 spiro atoms. The van der Waals surface area contributed by atoms with Gasteiger partial charge in [-0.05, 0) is 24.3 Å². The normalized spacial score (nSPS) is 11.0. The quantitative estimate of drug-likeness (QED) is 0.735. The molecule has 0 aliphatic carbocycles. The van der Waals surface area contributed by atoms with Gasteiger partial charge in [-0.3, -0.25) is 0 Å². The van der Waals surface area contributed by atoms with Crippen molar-refractivity contribution in [2.24, 2.45) is 0 Å². The molecule has 1 aromatic carbocycles. The summed E-state index contributed by atoms with van der Waals surface area (Å²) >= 11 is 0.